The maximum atomic E-state index is 12.3. The van der Waals surface area contributed by atoms with E-state index in [1.807, 2.05) is 20.8 Å². The van der Waals surface area contributed by atoms with E-state index < -0.39 is 16.0 Å². The van der Waals surface area contributed by atoms with Crippen LogP contribution in [0.1, 0.15) is 42.5 Å². The summed E-state index contributed by atoms with van der Waals surface area (Å²) in [7, 11) is -3.71. The Morgan fingerprint density at radius 3 is 2.25 bits per heavy atom. The molecule has 0 aliphatic rings. The molecule has 0 saturated heterocycles. The minimum Gasteiger partial charge on any atom is -0.477 e. The lowest BCUT2D eigenvalue weighted by Crippen LogP contribution is -2.30. The molecule has 1 unspecified atom stereocenters. The third kappa shape index (κ3) is 3.40. The van der Waals surface area contributed by atoms with Crippen molar-refractivity contribution in [1.82, 2.24) is 9.71 Å². The largest absolute Gasteiger partial charge is 0.477 e. The van der Waals surface area contributed by atoms with Crippen molar-refractivity contribution in [3.63, 3.8) is 0 Å². The predicted molar refractivity (Wildman–Crippen MR) is 76.4 cm³/mol. The van der Waals surface area contributed by atoms with Gasteiger partial charge in [-0.1, -0.05) is 20.8 Å². The molecular weight excluding hydrogens is 280 g/mol. The van der Waals surface area contributed by atoms with Crippen molar-refractivity contribution in [2.75, 3.05) is 6.54 Å². The molecule has 1 rings (SSSR count). The number of carboxylic acid groups (broad SMARTS) is 1. The molecule has 0 aromatic carbocycles. The number of sulfonamides is 1. The van der Waals surface area contributed by atoms with E-state index in [4.69, 9.17) is 5.11 Å². The SMILES string of the molecule is Cc1[nH]c(C(=O)O)c(C)c1S(=O)(=O)NCC(C)C(C)C. The molecule has 1 atom stereocenters. The summed E-state index contributed by atoms with van der Waals surface area (Å²) < 4.78 is 27.2. The van der Waals surface area contributed by atoms with Crippen LogP contribution in [0.2, 0.25) is 0 Å². The maximum Gasteiger partial charge on any atom is 0.352 e. The third-order valence-corrected chi connectivity index (χ3v) is 5.28. The highest BCUT2D eigenvalue weighted by molar-refractivity contribution is 7.89. The number of aromatic nitrogens is 1. The van der Waals surface area contributed by atoms with E-state index in [2.05, 4.69) is 9.71 Å². The van der Waals surface area contributed by atoms with Gasteiger partial charge in [0.05, 0.1) is 0 Å². The number of carboxylic acids is 1. The average molecular weight is 302 g/mol. The van der Waals surface area contributed by atoms with Gasteiger partial charge in [-0.05, 0) is 25.7 Å². The summed E-state index contributed by atoms with van der Waals surface area (Å²) in [6, 6.07) is 0. The smallest absolute Gasteiger partial charge is 0.352 e. The van der Waals surface area contributed by atoms with Crippen molar-refractivity contribution >= 4 is 16.0 Å². The van der Waals surface area contributed by atoms with Gasteiger partial charge >= 0.3 is 5.97 Å². The fourth-order valence-corrected chi connectivity index (χ4v) is 3.48. The van der Waals surface area contributed by atoms with Gasteiger partial charge in [-0.25, -0.2) is 17.9 Å². The summed E-state index contributed by atoms with van der Waals surface area (Å²) in [6.07, 6.45) is 0. The Hall–Kier alpha value is -1.34. The predicted octanol–water partition coefficient (Wildman–Crippen LogP) is 1.90. The lowest BCUT2D eigenvalue weighted by atomic mass is 9.99. The lowest BCUT2D eigenvalue weighted by molar-refractivity contribution is 0.0690. The summed E-state index contributed by atoms with van der Waals surface area (Å²) in [4.78, 5) is 13.7. The quantitative estimate of drug-likeness (QED) is 0.747. The first kappa shape index (κ1) is 16.7. The average Bonchev–Trinajstić information content (AvgIpc) is 2.62. The Kier molecular flexibility index (Phi) is 4.99. The van der Waals surface area contributed by atoms with Crippen LogP contribution in [0.5, 0.6) is 0 Å². The van der Waals surface area contributed by atoms with Crippen LogP contribution in [-0.2, 0) is 10.0 Å². The van der Waals surface area contributed by atoms with Crippen molar-refractivity contribution in [3.8, 4) is 0 Å². The zero-order chi connectivity index (χ0) is 15.7. The topological polar surface area (TPSA) is 99.3 Å². The van der Waals surface area contributed by atoms with Crippen LogP contribution in [0.15, 0.2) is 4.90 Å². The normalized spacial score (nSPS) is 13.7. The molecule has 0 bridgehead atoms. The summed E-state index contributed by atoms with van der Waals surface area (Å²) in [5.41, 5.74) is 0.490. The van der Waals surface area contributed by atoms with Gasteiger partial charge in [-0.15, -0.1) is 0 Å². The molecule has 1 aromatic rings. The van der Waals surface area contributed by atoms with E-state index in [-0.39, 0.29) is 22.1 Å². The van der Waals surface area contributed by atoms with Gasteiger partial charge in [0.25, 0.3) is 0 Å². The first-order valence-electron chi connectivity index (χ1n) is 6.50. The molecule has 0 fully saturated rings. The monoisotopic (exact) mass is 302 g/mol. The van der Waals surface area contributed by atoms with Crippen molar-refractivity contribution in [2.45, 2.75) is 39.5 Å². The number of aromatic amines is 1. The van der Waals surface area contributed by atoms with E-state index in [1.165, 1.54) is 6.92 Å². The summed E-state index contributed by atoms with van der Waals surface area (Å²) in [5.74, 6) is -0.605. The highest BCUT2D eigenvalue weighted by Gasteiger charge is 2.26. The molecular formula is C13H22N2O4S. The van der Waals surface area contributed by atoms with E-state index in [1.54, 1.807) is 6.92 Å². The maximum absolute atomic E-state index is 12.3. The van der Waals surface area contributed by atoms with Crippen molar-refractivity contribution in [2.24, 2.45) is 11.8 Å². The van der Waals surface area contributed by atoms with E-state index in [9.17, 15) is 13.2 Å². The molecule has 0 amide bonds. The van der Waals surface area contributed by atoms with Crippen LogP contribution in [0.25, 0.3) is 0 Å². The number of H-pyrrole nitrogens is 1. The Morgan fingerprint density at radius 2 is 1.85 bits per heavy atom. The molecule has 0 saturated carbocycles. The fourth-order valence-electron chi connectivity index (χ4n) is 1.90. The molecule has 0 spiro atoms. The number of carbonyl (C=O) groups is 1. The number of aryl methyl sites for hydroxylation is 1. The van der Waals surface area contributed by atoms with Crippen LogP contribution < -0.4 is 4.72 Å². The summed E-state index contributed by atoms with van der Waals surface area (Å²) in [5, 5.41) is 9.01. The molecule has 1 aromatic heterocycles. The van der Waals surface area contributed by atoms with Gasteiger partial charge in [-0.3, -0.25) is 0 Å². The van der Waals surface area contributed by atoms with Crippen LogP contribution in [0.3, 0.4) is 0 Å². The summed E-state index contributed by atoms with van der Waals surface area (Å²) in [6.45, 7) is 9.38. The second kappa shape index (κ2) is 5.97. The minimum absolute atomic E-state index is 0.0332. The molecule has 0 aliphatic carbocycles. The molecule has 114 valence electrons. The molecule has 6 nitrogen and oxygen atoms in total. The van der Waals surface area contributed by atoms with Gasteiger partial charge in [0.2, 0.25) is 10.0 Å². The fraction of sp³-hybridized carbons (Fsp3) is 0.615. The Bertz CT molecular complexity index is 602. The first-order valence-corrected chi connectivity index (χ1v) is 7.98. The van der Waals surface area contributed by atoms with Crippen LogP contribution in [-0.4, -0.2) is 31.0 Å². The molecule has 0 aliphatic heterocycles. The molecule has 0 radical (unpaired) electrons. The highest BCUT2D eigenvalue weighted by Crippen LogP contribution is 2.23. The van der Waals surface area contributed by atoms with Crippen molar-refractivity contribution < 1.29 is 18.3 Å². The minimum atomic E-state index is -3.71. The van der Waals surface area contributed by atoms with Crippen LogP contribution in [0.4, 0.5) is 0 Å². The Balaban J connectivity index is 3.08. The van der Waals surface area contributed by atoms with Gasteiger partial charge in [0.1, 0.15) is 10.6 Å². The number of nitrogens with one attached hydrogen (secondary N) is 2. The molecule has 3 N–H and O–H groups in total. The number of aromatic carboxylic acids is 1. The van der Waals surface area contributed by atoms with E-state index in [0.717, 1.165) is 0 Å². The van der Waals surface area contributed by atoms with Crippen LogP contribution >= 0.6 is 0 Å². The second-order valence-electron chi connectivity index (χ2n) is 5.46. The summed E-state index contributed by atoms with van der Waals surface area (Å²) >= 11 is 0. The molecule has 7 heteroatoms. The third-order valence-electron chi connectivity index (χ3n) is 3.58. The van der Waals surface area contributed by atoms with Crippen LogP contribution in [0, 0.1) is 25.7 Å². The first-order chi connectivity index (χ1) is 9.08. The second-order valence-corrected chi connectivity index (χ2v) is 7.16. The zero-order valence-corrected chi connectivity index (χ0v) is 13.3. The van der Waals surface area contributed by atoms with E-state index >= 15 is 0 Å². The zero-order valence-electron chi connectivity index (χ0n) is 12.4. The molecule has 1 heterocycles. The number of rotatable bonds is 6. The highest BCUT2D eigenvalue weighted by atomic mass is 32.2. The van der Waals surface area contributed by atoms with Gasteiger partial charge < -0.3 is 10.1 Å². The standard InChI is InChI=1S/C13H22N2O4S/c1-7(2)8(3)6-14-20(18,19)12-9(4)11(13(16)17)15-10(12)5/h7-8,14-15H,6H2,1-5H3,(H,16,17). The van der Waals surface area contributed by atoms with Gasteiger partial charge in [0, 0.05) is 17.8 Å². The van der Waals surface area contributed by atoms with Crippen molar-refractivity contribution in [3.05, 3.63) is 17.0 Å². The number of hydrogen-bond donors (Lipinski definition) is 3. The lowest BCUT2D eigenvalue weighted by Gasteiger charge is -2.16. The number of hydrogen-bond acceptors (Lipinski definition) is 3. The Labute approximate surface area is 119 Å². The van der Waals surface area contributed by atoms with E-state index in [0.29, 0.717) is 18.2 Å². The molecule has 20 heavy (non-hydrogen) atoms. The van der Waals surface area contributed by atoms with Gasteiger partial charge in [0.15, 0.2) is 0 Å². The van der Waals surface area contributed by atoms with Gasteiger partial charge in [-0.2, -0.15) is 0 Å². The Morgan fingerprint density at radius 1 is 1.30 bits per heavy atom. The van der Waals surface area contributed by atoms with Crippen molar-refractivity contribution in [1.29, 1.82) is 0 Å².